The summed E-state index contributed by atoms with van der Waals surface area (Å²) in [5.74, 6) is 0.362. The van der Waals surface area contributed by atoms with E-state index in [1.807, 2.05) is 66.5 Å². The Kier molecular flexibility index (Phi) is 7.24. The normalized spacial score (nSPS) is 11.2. The van der Waals surface area contributed by atoms with Crippen molar-refractivity contribution < 1.29 is 9.53 Å². The summed E-state index contributed by atoms with van der Waals surface area (Å²) in [5, 5.41) is 0.834. The van der Waals surface area contributed by atoms with Crippen molar-refractivity contribution in [2.24, 2.45) is 0 Å². The molecule has 6 heteroatoms. The van der Waals surface area contributed by atoms with Crippen LogP contribution in [0.3, 0.4) is 0 Å². The van der Waals surface area contributed by atoms with Crippen molar-refractivity contribution in [1.82, 2.24) is 14.5 Å². The number of hydrogen-bond donors (Lipinski definition) is 0. The summed E-state index contributed by atoms with van der Waals surface area (Å²) in [5.41, 5.74) is 4.16. The highest BCUT2D eigenvalue weighted by Crippen LogP contribution is 2.29. The molecule has 0 spiro atoms. The van der Waals surface area contributed by atoms with E-state index in [2.05, 4.69) is 34.9 Å². The molecular formula is C26H27N3O2S. The number of para-hydroxylation sites is 2. The highest BCUT2D eigenvalue weighted by molar-refractivity contribution is 7.99. The number of aromatic nitrogens is 2. The molecule has 0 saturated carbocycles. The number of imidazole rings is 1. The number of methoxy groups -OCH3 is 1. The number of carbonyl (C=O) groups is 1. The molecule has 5 nitrogen and oxygen atoms in total. The maximum atomic E-state index is 13.3. The van der Waals surface area contributed by atoms with E-state index in [1.54, 1.807) is 7.11 Å². The molecular weight excluding hydrogens is 418 g/mol. The average molecular weight is 446 g/mol. The lowest BCUT2D eigenvalue weighted by molar-refractivity contribution is -0.128. The van der Waals surface area contributed by atoms with Gasteiger partial charge in [-0.05, 0) is 23.3 Å². The molecule has 0 unspecified atom stereocenters. The lowest BCUT2D eigenvalue weighted by atomic mass is 9.97. The molecule has 164 valence electrons. The minimum atomic E-state index is -0.141. The third-order valence-corrected chi connectivity index (χ3v) is 6.44. The number of carbonyl (C=O) groups excluding carboxylic acids is 1. The second-order valence-corrected chi connectivity index (χ2v) is 8.49. The van der Waals surface area contributed by atoms with E-state index in [9.17, 15) is 4.79 Å². The summed E-state index contributed by atoms with van der Waals surface area (Å²) in [7, 11) is 3.57. The molecule has 1 amide bonds. The van der Waals surface area contributed by atoms with E-state index < -0.39 is 0 Å². The lowest BCUT2D eigenvalue weighted by Gasteiger charge is -2.29. The number of thioether (sulfide) groups is 1. The fourth-order valence-corrected chi connectivity index (χ4v) is 4.81. The Morgan fingerprint density at radius 3 is 2.19 bits per heavy atom. The Hall–Kier alpha value is -3.09. The van der Waals surface area contributed by atoms with Gasteiger partial charge in [-0.25, -0.2) is 4.98 Å². The zero-order valence-corrected chi connectivity index (χ0v) is 19.2. The summed E-state index contributed by atoms with van der Waals surface area (Å²) in [6.07, 6.45) is 0. The van der Waals surface area contributed by atoms with Gasteiger partial charge < -0.3 is 14.2 Å². The van der Waals surface area contributed by atoms with Crippen molar-refractivity contribution in [2.45, 2.75) is 17.7 Å². The third kappa shape index (κ3) is 4.87. The number of benzene rings is 3. The molecule has 1 aromatic heterocycles. The number of hydrogen-bond acceptors (Lipinski definition) is 4. The van der Waals surface area contributed by atoms with Crippen molar-refractivity contribution in [3.63, 3.8) is 0 Å². The predicted molar refractivity (Wildman–Crippen MR) is 130 cm³/mol. The van der Waals surface area contributed by atoms with Gasteiger partial charge in [-0.1, -0.05) is 84.6 Å². The van der Waals surface area contributed by atoms with Crippen LogP contribution in [0.25, 0.3) is 11.0 Å². The van der Waals surface area contributed by atoms with Gasteiger partial charge in [0.1, 0.15) is 0 Å². The van der Waals surface area contributed by atoms with Gasteiger partial charge >= 0.3 is 0 Å². The van der Waals surface area contributed by atoms with Crippen molar-refractivity contribution >= 4 is 28.7 Å². The van der Waals surface area contributed by atoms with Crippen LogP contribution in [0, 0.1) is 0 Å². The molecule has 0 radical (unpaired) electrons. The molecule has 32 heavy (non-hydrogen) atoms. The Labute approximate surface area is 193 Å². The maximum absolute atomic E-state index is 13.3. The van der Waals surface area contributed by atoms with Crippen molar-refractivity contribution in [1.29, 1.82) is 0 Å². The van der Waals surface area contributed by atoms with Crippen LogP contribution in [0.2, 0.25) is 0 Å². The van der Waals surface area contributed by atoms with Crippen LogP contribution in [-0.2, 0) is 16.1 Å². The average Bonchev–Trinajstić information content (AvgIpc) is 3.20. The fraction of sp³-hybridized carbons (Fsp3) is 0.231. The van der Waals surface area contributed by atoms with Gasteiger partial charge in [0.15, 0.2) is 5.16 Å². The molecule has 4 rings (SSSR count). The van der Waals surface area contributed by atoms with Gasteiger partial charge in [0, 0.05) is 20.7 Å². The SMILES string of the molecule is COCCn1c(SCC(=O)N(C)C(c2ccccc2)c2ccccc2)nc2ccccc21. The zero-order chi connectivity index (χ0) is 22.3. The number of nitrogens with zero attached hydrogens (tertiary/aromatic N) is 3. The third-order valence-electron chi connectivity index (χ3n) is 5.47. The second kappa shape index (κ2) is 10.5. The summed E-state index contributed by atoms with van der Waals surface area (Å²) in [4.78, 5) is 19.9. The summed E-state index contributed by atoms with van der Waals surface area (Å²) >= 11 is 1.47. The molecule has 0 aliphatic rings. The first-order valence-electron chi connectivity index (χ1n) is 10.6. The minimum absolute atomic E-state index is 0.0538. The standard InChI is InChI=1S/C26H27N3O2S/c1-28(25(20-11-5-3-6-12-20)21-13-7-4-8-14-21)24(30)19-32-26-27-22-15-9-10-16-23(22)29(26)17-18-31-2/h3-16,25H,17-19H2,1-2H3. The minimum Gasteiger partial charge on any atom is -0.383 e. The topological polar surface area (TPSA) is 47.4 Å². The van der Waals surface area contributed by atoms with Gasteiger partial charge in [0.2, 0.25) is 5.91 Å². The highest BCUT2D eigenvalue weighted by Gasteiger charge is 2.24. The van der Waals surface area contributed by atoms with Crippen LogP contribution in [0.15, 0.2) is 90.1 Å². The molecule has 0 atom stereocenters. The molecule has 0 aliphatic heterocycles. The molecule has 0 N–H and O–H groups in total. The van der Waals surface area contributed by atoms with Gasteiger partial charge in [-0.2, -0.15) is 0 Å². The van der Waals surface area contributed by atoms with E-state index >= 15 is 0 Å². The smallest absolute Gasteiger partial charge is 0.233 e. The van der Waals surface area contributed by atoms with Crippen LogP contribution >= 0.6 is 11.8 Å². The summed E-state index contributed by atoms with van der Waals surface area (Å²) < 4.78 is 7.41. The van der Waals surface area contributed by atoms with E-state index in [-0.39, 0.29) is 11.9 Å². The molecule has 1 heterocycles. The maximum Gasteiger partial charge on any atom is 0.233 e. The number of ether oxygens (including phenoxy) is 1. The monoisotopic (exact) mass is 445 g/mol. The van der Waals surface area contributed by atoms with E-state index in [4.69, 9.17) is 9.72 Å². The highest BCUT2D eigenvalue weighted by atomic mass is 32.2. The Morgan fingerprint density at radius 1 is 0.969 bits per heavy atom. The van der Waals surface area contributed by atoms with E-state index in [0.717, 1.165) is 27.3 Å². The van der Waals surface area contributed by atoms with Crippen LogP contribution in [0.4, 0.5) is 0 Å². The van der Waals surface area contributed by atoms with Crippen LogP contribution in [0.5, 0.6) is 0 Å². The van der Waals surface area contributed by atoms with Crippen LogP contribution in [0.1, 0.15) is 17.2 Å². The second-order valence-electron chi connectivity index (χ2n) is 7.54. The first kappa shape index (κ1) is 22.1. The zero-order valence-electron chi connectivity index (χ0n) is 18.3. The predicted octanol–water partition coefficient (Wildman–Crippen LogP) is 5.02. The van der Waals surface area contributed by atoms with E-state index in [0.29, 0.717) is 18.9 Å². The Morgan fingerprint density at radius 2 is 1.56 bits per heavy atom. The molecule has 3 aromatic carbocycles. The molecule has 0 saturated heterocycles. The summed E-state index contributed by atoms with van der Waals surface area (Å²) in [6.45, 7) is 1.28. The van der Waals surface area contributed by atoms with Crippen molar-refractivity contribution in [2.75, 3.05) is 26.5 Å². The lowest BCUT2D eigenvalue weighted by Crippen LogP contribution is -2.33. The molecule has 0 aliphatic carbocycles. The first-order valence-corrected chi connectivity index (χ1v) is 11.6. The van der Waals surface area contributed by atoms with Crippen LogP contribution in [-0.4, -0.2) is 46.9 Å². The fourth-order valence-electron chi connectivity index (χ4n) is 3.84. The van der Waals surface area contributed by atoms with Gasteiger partial charge in [-0.3, -0.25) is 4.79 Å². The largest absolute Gasteiger partial charge is 0.383 e. The molecule has 0 bridgehead atoms. The number of amides is 1. The van der Waals surface area contributed by atoms with Crippen LogP contribution < -0.4 is 0 Å². The van der Waals surface area contributed by atoms with Crippen molar-refractivity contribution in [3.8, 4) is 0 Å². The van der Waals surface area contributed by atoms with E-state index in [1.165, 1.54) is 11.8 Å². The quantitative estimate of drug-likeness (QED) is 0.339. The molecule has 4 aromatic rings. The van der Waals surface area contributed by atoms with Gasteiger partial charge in [0.25, 0.3) is 0 Å². The van der Waals surface area contributed by atoms with Gasteiger partial charge in [-0.15, -0.1) is 0 Å². The Bertz CT molecular complexity index is 1120. The number of fused-ring (bicyclic) bond motifs is 1. The van der Waals surface area contributed by atoms with Gasteiger partial charge in [0.05, 0.1) is 29.4 Å². The van der Waals surface area contributed by atoms with Crippen molar-refractivity contribution in [3.05, 3.63) is 96.1 Å². The number of rotatable bonds is 9. The molecule has 0 fully saturated rings. The first-order chi connectivity index (χ1) is 15.7. The summed E-state index contributed by atoms with van der Waals surface area (Å²) in [6, 6.07) is 28.2. The Balaban J connectivity index is 1.55.